The molecule has 0 aliphatic carbocycles. The van der Waals surface area contributed by atoms with Crippen LogP contribution in [0.15, 0.2) is 12.7 Å². The summed E-state index contributed by atoms with van der Waals surface area (Å²) in [6.07, 6.45) is 4.61. The summed E-state index contributed by atoms with van der Waals surface area (Å²) >= 11 is 1.46. The molecule has 110 valence electrons. The van der Waals surface area contributed by atoms with Crippen molar-refractivity contribution in [3.05, 3.63) is 12.7 Å². The van der Waals surface area contributed by atoms with Crippen molar-refractivity contribution >= 4 is 29.6 Å². The second kappa shape index (κ2) is 6.30. The molecular weight excluding hydrogens is 278 g/mol. The highest BCUT2D eigenvalue weighted by atomic mass is 32.2. The van der Waals surface area contributed by atoms with Gasteiger partial charge in [-0.2, -0.15) is 11.8 Å². The van der Waals surface area contributed by atoms with Crippen molar-refractivity contribution in [2.75, 3.05) is 25.1 Å². The standard InChI is InChI=1S/C13H19N3O3S/c1-3-5-16-12(18)10-7-9(14-11(17)8-20-2)4-6-15(10)13(16)19/h3,9-10H,1,4-8H2,2H3,(H,14,17)/t9-,10-/m0/s1. The van der Waals surface area contributed by atoms with Crippen molar-refractivity contribution in [2.45, 2.75) is 24.9 Å². The second-order valence-electron chi connectivity index (χ2n) is 4.95. The van der Waals surface area contributed by atoms with Crippen LogP contribution in [0, 0.1) is 0 Å². The Morgan fingerprint density at radius 2 is 2.30 bits per heavy atom. The molecule has 0 aromatic heterocycles. The van der Waals surface area contributed by atoms with Crippen LogP contribution in [-0.4, -0.2) is 64.8 Å². The quantitative estimate of drug-likeness (QED) is 0.591. The van der Waals surface area contributed by atoms with Gasteiger partial charge in [0.2, 0.25) is 5.91 Å². The number of hydrogen-bond donors (Lipinski definition) is 1. The van der Waals surface area contributed by atoms with Gasteiger partial charge in [-0.05, 0) is 19.1 Å². The fourth-order valence-corrected chi connectivity index (χ4v) is 3.03. The molecule has 2 rings (SSSR count). The van der Waals surface area contributed by atoms with Crippen LogP contribution in [0.5, 0.6) is 0 Å². The average molecular weight is 297 g/mol. The van der Waals surface area contributed by atoms with Crippen molar-refractivity contribution in [3.8, 4) is 0 Å². The maximum Gasteiger partial charge on any atom is 0.327 e. The predicted molar refractivity (Wildman–Crippen MR) is 77.3 cm³/mol. The number of piperidine rings is 1. The van der Waals surface area contributed by atoms with Gasteiger partial charge in [0.1, 0.15) is 6.04 Å². The van der Waals surface area contributed by atoms with E-state index in [9.17, 15) is 14.4 Å². The third-order valence-corrected chi connectivity index (χ3v) is 4.13. The Hall–Kier alpha value is -1.50. The summed E-state index contributed by atoms with van der Waals surface area (Å²) in [4.78, 5) is 38.7. The number of imide groups is 1. The Labute approximate surface area is 122 Å². The number of urea groups is 1. The number of hydrogen-bond acceptors (Lipinski definition) is 4. The van der Waals surface area contributed by atoms with Crippen LogP contribution in [0.4, 0.5) is 4.79 Å². The summed E-state index contributed by atoms with van der Waals surface area (Å²) in [6, 6.07) is -0.707. The van der Waals surface area contributed by atoms with E-state index >= 15 is 0 Å². The van der Waals surface area contributed by atoms with Gasteiger partial charge < -0.3 is 10.2 Å². The van der Waals surface area contributed by atoms with E-state index in [1.54, 1.807) is 11.0 Å². The normalized spacial score (nSPS) is 25.6. The van der Waals surface area contributed by atoms with Gasteiger partial charge in [0, 0.05) is 19.1 Å². The van der Waals surface area contributed by atoms with E-state index in [0.29, 0.717) is 25.1 Å². The van der Waals surface area contributed by atoms with Gasteiger partial charge in [-0.3, -0.25) is 14.5 Å². The molecule has 2 aliphatic heterocycles. The minimum absolute atomic E-state index is 0.0179. The number of fused-ring (bicyclic) bond motifs is 1. The molecule has 1 N–H and O–H groups in total. The zero-order valence-corrected chi connectivity index (χ0v) is 12.3. The molecule has 0 saturated carbocycles. The Balaban J connectivity index is 1.99. The molecule has 0 aromatic carbocycles. The molecule has 20 heavy (non-hydrogen) atoms. The summed E-state index contributed by atoms with van der Waals surface area (Å²) in [5, 5.41) is 2.93. The Morgan fingerprint density at radius 1 is 1.55 bits per heavy atom. The Kier molecular flexibility index (Phi) is 4.69. The van der Waals surface area contributed by atoms with E-state index in [-0.39, 0.29) is 30.4 Å². The van der Waals surface area contributed by atoms with Crippen LogP contribution in [0.3, 0.4) is 0 Å². The molecule has 2 saturated heterocycles. The van der Waals surface area contributed by atoms with Gasteiger partial charge in [0.25, 0.3) is 5.91 Å². The summed E-state index contributed by atoms with van der Waals surface area (Å²) < 4.78 is 0. The van der Waals surface area contributed by atoms with E-state index in [1.165, 1.54) is 16.7 Å². The number of carbonyl (C=O) groups is 3. The van der Waals surface area contributed by atoms with E-state index in [2.05, 4.69) is 11.9 Å². The number of carbonyl (C=O) groups excluding carboxylic acids is 3. The molecular formula is C13H19N3O3S. The monoisotopic (exact) mass is 297 g/mol. The Bertz CT molecular complexity index is 441. The maximum atomic E-state index is 12.2. The zero-order chi connectivity index (χ0) is 14.7. The molecule has 7 heteroatoms. The van der Waals surface area contributed by atoms with Crippen LogP contribution < -0.4 is 5.32 Å². The molecule has 0 radical (unpaired) electrons. The van der Waals surface area contributed by atoms with Crippen molar-refractivity contribution in [2.24, 2.45) is 0 Å². The molecule has 2 fully saturated rings. The largest absolute Gasteiger partial charge is 0.352 e. The first kappa shape index (κ1) is 14.9. The highest BCUT2D eigenvalue weighted by Gasteiger charge is 2.47. The number of amides is 4. The fourth-order valence-electron chi connectivity index (χ4n) is 2.69. The number of nitrogens with zero attached hydrogens (tertiary/aromatic N) is 2. The van der Waals surface area contributed by atoms with Gasteiger partial charge in [-0.25, -0.2) is 4.79 Å². The minimum atomic E-state index is -0.434. The molecule has 6 nitrogen and oxygen atoms in total. The third-order valence-electron chi connectivity index (χ3n) is 3.58. The van der Waals surface area contributed by atoms with Crippen LogP contribution >= 0.6 is 11.8 Å². The second-order valence-corrected chi connectivity index (χ2v) is 5.82. The number of rotatable bonds is 5. The molecule has 2 aliphatic rings. The fraction of sp³-hybridized carbons (Fsp3) is 0.615. The van der Waals surface area contributed by atoms with Crippen LogP contribution in [0.2, 0.25) is 0 Å². The van der Waals surface area contributed by atoms with E-state index in [0.717, 1.165) is 0 Å². The first-order chi connectivity index (χ1) is 9.58. The van der Waals surface area contributed by atoms with Gasteiger partial charge in [-0.1, -0.05) is 6.08 Å². The van der Waals surface area contributed by atoms with Crippen molar-refractivity contribution in [1.29, 1.82) is 0 Å². The molecule has 0 unspecified atom stereocenters. The van der Waals surface area contributed by atoms with Gasteiger partial charge in [0.05, 0.1) is 5.75 Å². The van der Waals surface area contributed by atoms with Crippen molar-refractivity contribution in [3.63, 3.8) is 0 Å². The van der Waals surface area contributed by atoms with Crippen molar-refractivity contribution in [1.82, 2.24) is 15.1 Å². The van der Waals surface area contributed by atoms with Gasteiger partial charge in [-0.15, -0.1) is 6.58 Å². The molecule has 0 aromatic rings. The molecule has 0 spiro atoms. The SMILES string of the molecule is C=CCN1C(=O)[C@@H]2C[C@@H](NC(=O)CSC)CCN2C1=O. The van der Waals surface area contributed by atoms with Crippen LogP contribution in [0.1, 0.15) is 12.8 Å². The number of thioether (sulfide) groups is 1. The van der Waals surface area contributed by atoms with Crippen LogP contribution in [-0.2, 0) is 9.59 Å². The minimum Gasteiger partial charge on any atom is -0.352 e. The number of nitrogens with one attached hydrogen (secondary N) is 1. The lowest BCUT2D eigenvalue weighted by Crippen LogP contribution is -2.50. The predicted octanol–water partition coefficient (Wildman–Crippen LogP) is 0.447. The first-order valence-electron chi connectivity index (χ1n) is 6.59. The van der Waals surface area contributed by atoms with Gasteiger partial charge >= 0.3 is 6.03 Å². The third kappa shape index (κ3) is 2.82. The molecule has 2 heterocycles. The summed E-state index contributed by atoms with van der Waals surface area (Å²) in [6.45, 7) is 4.31. The molecule has 4 amide bonds. The Morgan fingerprint density at radius 3 is 2.95 bits per heavy atom. The summed E-state index contributed by atoms with van der Waals surface area (Å²) in [5.41, 5.74) is 0. The highest BCUT2D eigenvalue weighted by Crippen LogP contribution is 2.26. The lowest BCUT2D eigenvalue weighted by Gasteiger charge is -2.32. The van der Waals surface area contributed by atoms with E-state index < -0.39 is 6.04 Å². The van der Waals surface area contributed by atoms with Crippen molar-refractivity contribution < 1.29 is 14.4 Å². The summed E-state index contributed by atoms with van der Waals surface area (Å²) in [7, 11) is 0. The first-order valence-corrected chi connectivity index (χ1v) is 7.99. The van der Waals surface area contributed by atoms with E-state index in [4.69, 9.17) is 0 Å². The maximum absolute atomic E-state index is 12.2. The van der Waals surface area contributed by atoms with Crippen LogP contribution in [0.25, 0.3) is 0 Å². The molecule has 0 bridgehead atoms. The smallest absolute Gasteiger partial charge is 0.327 e. The highest BCUT2D eigenvalue weighted by molar-refractivity contribution is 7.99. The van der Waals surface area contributed by atoms with Gasteiger partial charge in [0.15, 0.2) is 0 Å². The lowest BCUT2D eigenvalue weighted by atomic mass is 9.98. The summed E-state index contributed by atoms with van der Waals surface area (Å²) in [5.74, 6) is 0.217. The zero-order valence-electron chi connectivity index (χ0n) is 11.5. The average Bonchev–Trinajstić information content (AvgIpc) is 2.64. The molecule has 2 atom stereocenters. The topological polar surface area (TPSA) is 69.7 Å². The van der Waals surface area contributed by atoms with E-state index in [1.807, 2.05) is 6.26 Å². The lowest BCUT2D eigenvalue weighted by molar-refractivity contribution is -0.129.